The summed E-state index contributed by atoms with van der Waals surface area (Å²) in [7, 11) is 0. The van der Waals surface area contributed by atoms with E-state index in [4.69, 9.17) is 0 Å². The second kappa shape index (κ2) is 8.88. The molecule has 0 aromatic rings. The minimum absolute atomic E-state index is 0. The van der Waals surface area contributed by atoms with Gasteiger partial charge in [-0.3, -0.25) is 0 Å². The summed E-state index contributed by atoms with van der Waals surface area (Å²) in [4.78, 5) is 0. The van der Waals surface area contributed by atoms with Crippen LogP contribution in [0, 0.1) is 0 Å². The smallest absolute Gasteiger partial charge is 0.793 e. The van der Waals surface area contributed by atoms with Crippen molar-refractivity contribution in [1.82, 2.24) is 0 Å². The van der Waals surface area contributed by atoms with Crippen molar-refractivity contribution in [3.63, 3.8) is 0 Å². The molecule has 0 spiro atoms. The minimum Gasteiger partial charge on any atom is -0.793 e. The third-order valence-electron chi connectivity index (χ3n) is 0. The van der Waals surface area contributed by atoms with Crippen molar-refractivity contribution in [3.05, 3.63) is 0 Å². The van der Waals surface area contributed by atoms with E-state index in [1.807, 2.05) is 6.92 Å². The molecule has 0 aliphatic rings. The van der Waals surface area contributed by atoms with Gasteiger partial charge < -0.3 is 12.6 Å². The number of rotatable bonds is 0. The Hall–Kier alpha value is 1.99. The van der Waals surface area contributed by atoms with Crippen LogP contribution >= 0.6 is 0 Å². The molecule has 0 aliphatic heterocycles. The second-order valence-electron chi connectivity index (χ2n) is 0.289. The maximum atomic E-state index is 4.39. The van der Waals surface area contributed by atoms with E-state index in [2.05, 4.69) is 12.6 Å². The summed E-state index contributed by atoms with van der Waals surface area (Å²) in [5.41, 5.74) is 0. The van der Waals surface area contributed by atoms with Gasteiger partial charge in [-0.05, 0) is 0 Å². The van der Waals surface area contributed by atoms with Gasteiger partial charge in [0.25, 0.3) is 0 Å². The molecule has 0 unspecified atom stereocenters. The largest absolute Gasteiger partial charge is 1.00 e. The van der Waals surface area contributed by atoms with Gasteiger partial charge >= 0.3 is 51.4 Å². The Bertz CT molecular complexity index is 6.00. The van der Waals surface area contributed by atoms with Crippen LogP contribution in [0.2, 0.25) is 0 Å². The van der Waals surface area contributed by atoms with Gasteiger partial charge in [-0.25, -0.2) is 0 Å². The predicted octanol–water partition coefficient (Wildman–Crippen LogP) is -2.44. The molecule has 0 bridgehead atoms. The third kappa shape index (κ3) is 9.01. The Kier molecular flexibility index (Phi) is 20.8. The average molecular weight is 100 g/mol. The Morgan fingerprint density at radius 2 is 1.75 bits per heavy atom. The zero-order chi connectivity index (χ0) is 2.71. The molecule has 0 saturated carbocycles. The first-order valence-electron chi connectivity index (χ1n) is 0.996. The van der Waals surface area contributed by atoms with Crippen LogP contribution < -0.4 is 51.4 Å². The van der Waals surface area contributed by atoms with Crippen LogP contribution in [0.5, 0.6) is 0 Å². The van der Waals surface area contributed by atoms with E-state index in [0.29, 0.717) is 0 Å². The number of hydrogen-bond donors (Lipinski definition) is 0. The van der Waals surface area contributed by atoms with Gasteiger partial charge in [0, 0.05) is 0 Å². The topological polar surface area (TPSA) is 0 Å². The molecule has 0 heterocycles. The average Bonchev–Trinajstić information content (AvgIpc) is 0.918. The minimum atomic E-state index is 0. The maximum Gasteiger partial charge on any atom is 1.00 e. The van der Waals surface area contributed by atoms with E-state index in [9.17, 15) is 0 Å². The van der Waals surface area contributed by atoms with Crippen LogP contribution in [0.15, 0.2) is 0 Å². The predicted molar refractivity (Wildman–Crippen MR) is 17.9 cm³/mol. The summed E-state index contributed by atoms with van der Waals surface area (Å²) >= 11 is 4.39. The van der Waals surface area contributed by atoms with Crippen LogP contribution in [0.25, 0.3) is 0 Å². The third-order valence-corrected chi connectivity index (χ3v) is 0. The van der Waals surface area contributed by atoms with Crippen LogP contribution in [0.1, 0.15) is 6.92 Å². The van der Waals surface area contributed by atoms with E-state index >= 15 is 0 Å². The second-order valence-corrected chi connectivity index (χ2v) is 0.866. The first kappa shape index (κ1) is 9.37. The van der Waals surface area contributed by atoms with Gasteiger partial charge in [0.05, 0.1) is 0 Å². The van der Waals surface area contributed by atoms with Crippen LogP contribution in [0.4, 0.5) is 0 Å². The molecule has 20 valence electrons. The summed E-state index contributed by atoms with van der Waals surface area (Å²) in [6.07, 6.45) is 0. The Morgan fingerprint density at radius 1 is 1.75 bits per heavy atom. The van der Waals surface area contributed by atoms with E-state index in [0.717, 1.165) is 5.75 Å². The van der Waals surface area contributed by atoms with Gasteiger partial charge in [-0.1, -0.05) is 6.92 Å². The Labute approximate surface area is 75.2 Å². The van der Waals surface area contributed by atoms with Gasteiger partial charge in [0.2, 0.25) is 0 Å². The van der Waals surface area contributed by atoms with E-state index < -0.39 is 0 Å². The number of hydrogen-bond acceptors (Lipinski definition) is 1. The molecule has 0 N–H and O–H groups in total. The molecule has 0 aromatic heterocycles. The van der Waals surface area contributed by atoms with Crippen molar-refractivity contribution in [2.45, 2.75) is 6.92 Å². The first-order chi connectivity index (χ1) is 1.41. The van der Waals surface area contributed by atoms with Crippen molar-refractivity contribution in [1.29, 1.82) is 0 Å². The summed E-state index contributed by atoms with van der Waals surface area (Å²) < 4.78 is 0. The van der Waals surface area contributed by atoms with Crippen molar-refractivity contribution in [3.8, 4) is 0 Å². The summed E-state index contributed by atoms with van der Waals surface area (Å²) in [5, 5.41) is 0. The van der Waals surface area contributed by atoms with E-state index in [1.165, 1.54) is 0 Å². The standard InChI is InChI=1S/C2H6S.K/c1-2-3;/h3H,2H2,1H3;/q;+1/p-1. The molecule has 0 amide bonds. The fourth-order valence-electron chi connectivity index (χ4n) is 0. The monoisotopic (exact) mass is 100.0 g/mol. The molecule has 0 rings (SSSR count). The molecule has 0 atom stereocenters. The zero-order valence-corrected chi connectivity index (χ0v) is 7.05. The quantitative estimate of drug-likeness (QED) is 0.241. The molecule has 4 heavy (non-hydrogen) atoms. The van der Waals surface area contributed by atoms with E-state index in [-0.39, 0.29) is 51.4 Å². The molecule has 0 nitrogen and oxygen atoms in total. The van der Waals surface area contributed by atoms with Crippen LogP contribution in [0.3, 0.4) is 0 Å². The fourth-order valence-corrected chi connectivity index (χ4v) is 0. The normalized spacial score (nSPS) is 4.50. The molecular formula is C2H5KS. The van der Waals surface area contributed by atoms with Crippen molar-refractivity contribution < 1.29 is 51.4 Å². The molecule has 0 saturated heterocycles. The first-order valence-corrected chi connectivity index (χ1v) is 1.57. The Balaban J connectivity index is 0. The summed E-state index contributed by atoms with van der Waals surface area (Å²) in [5.74, 6) is 0.833. The molecule has 0 aromatic carbocycles. The fraction of sp³-hybridized carbons (Fsp3) is 1.00. The molecule has 0 radical (unpaired) electrons. The van der Waals surface area contributed by atoms with E-state index in [1.54, 1.807) is 0 Å². The SMILES string of the molecule is CC[S-].[K+]. The molecule has 0 aliphatic carbocycles. The van der Waals surface area contributed by atoms with Crippen LogP contribution in [-0.4, -0.2) is 5.75 Å². The van der Waals surface area contributed by atoms with Gasteiger partial charge in [-0.15, -0.1) is 0 Å². The summed E-state index contributed by atoms with van der Waals surface area (Å²) in [6, 6.07) is 0. The summed E-state index contributed by atoms with van der Waals surface area (Å²) in [6.45, 7) is 1.94. The van der Waals surface area contributed by atoms with Gasteiger partial charge in [-0.2, -0.15) is 5.75 Å². The molecular weight excluding hydrogens is 95.2 g/mol. The van der Waals surface area contributed by atoms with Gasteiger partial charge in [0.15, 0.2) is 0 Å². The molecule has 2 heteroatoms. The molecule has 0 fully saturated rings. The Morgan fingerprint density at radius 3 is 1.75 bits per heavy atom. The van der Waals surface area contributed by atoms with Gasteiger partial charge in [0.1, 0.15) is 0 Å². The van der Waals surface area contributed by atoms with Crippen molar-refractivity contribution in [2.24, 2.45) is 0 Å². The van der Waals surface area contributed by atoms with Crippen molar-refractivity contribution >= 4 is 12.6 Å². The van der Waals surface area contributed by atoms with Crippen LogP contribution in [-0.2, 0) is 12.6 Å². The maximum absolute atomic E-state index is 4.39. The zero-order valence-electron chi connectivity index (χ0n) is 3.12. The van der Waals surface area contributed by atoms with Crippen molar-refractivity contribution in [2.75, 3.05) is 5.75 Å².